The normalized spacial score (nSPS) is 38.3. The summed E-state index contributed by atoms with van der Waals surface area (Å²) in [7, 11) is 0. The SMILES string of the molecule is C[C@H]1CC[C@H]2C(C)(C)C(=NO)CC[C@]23Oc2c(c(O)cc4c2CNC4=O)C[C@]13C. The minimum Gasteiger partial charge on any atom is -0.508 e. The van der Waals surface area contributed by atoms with Gasteiger partial charge in [0.1, 0.15) is 17.1 Å². The topological polar surface area (TPSA) is 91.2 Å². The molecular weight excluding hydrogens is 368 g/mol. The number of rotatable bonds is 0. The van der Waals surface area contributed by atoms with E-state index in [4.69, 9.17) is 4.74 Å². The summed E-state index contributed by atoms with van der Waals surface area (Å²) in [6, 6.07) is 1.60. The number of ether oxygens (including phenoxy) is 1. The molecule has 2 heterocycles. The number of nitrogens with zero attached hydrogens (tertiary/aromatic N) is 1. The highest BCUT2D eigenvalue weighted by Gasteiger charge is 2.67. The molecule has 1 aromatic rings. The summed E-state index contributed by atoms with van der Waals surface area (Å²) in [5, 5.41) is 27.0. The Bertz CT molecular complexity index is 953. The van der Waals surface area contributed by atoms with E-state index in [2.05, 4.69) is 38.2 Å². The van der Waals surface area contributed by atoms with Gasteiger partial charge >= 0.3 is 0 Å². The van der Waals surface area contributed by atoms with Crippen molar-refractivity contribution in [3.8, 4) is 11.5 Å². The highest BCUT2D eigenvalue weighted by Crippen LogP contribution is 2.66. The highest BCUT2D eigenvalue weighted by atomic mass is 16.5. The van der Waals surface area contributed by atoms with Crippen molar-refractivity contribution in [3.05, 3.63) is 22.8 Å². The van der Waals surface area contributed by atoms with Crippen LogP contribution in [0, 0.1) is 22.7 Å². The van der Waals surface area contributed by atoms with Crippen LogP contribution >= 0.6 is 0 Å². The van der Waals surface area contributed by atoms with Crippen molar-refractivity contribution >= 4 is 11.6 Å². The molecular formula is C23H30N2O4. The molecule has 4 atom stereocenters. The lowest BCUT2D eigenvalue weighted by atomic mass is 9.44. The molecule has 4 aliphatic rings. The quantitative estimate of drug-likeness (QED) is 0.455. The maximum Gasteiger partial charge on any atom is 0.252 e. The summed E-state index contributed by atoms with van der Waals surface area (Å²) in [6.07, 6.45) is 4.29. The van der Waals surface area contributed by atoms with Crippen LogP contribution in [0.25, 0.3) is 0 Å². The number of phenols is 1. The Kier molecular flexibility index (Phi) is 3.67. The maximum absolute atomic E-state index is 12.2. The molecule has 0 bridgehead atoms. The Morgan fingerprint density at radius 2 is 2.00 bits per heavy atom. The van der Waals surface area contributed by atoms with Crippen molar-refractivity contribution in [1.82, 2.24) is 5.32 Å². The molecule has 6 nitrogen and oxygen atoms in total. The minimum atomic E-state index is -0.414. The fraction of sp³-hybridized carbons (Fsp3) is 0.652. The van der Waals surface area contributed by atoms with E-state index in [1.54, 1.807) is 6.07 Å². The first-order valence-corrected chi connectivity index (χ1v) is 10.7. The Morgan fingerprint density at radius 3 is 2.72 bits per heavy atom. The van der Waals surface area contributed by atoms with Crippen LogP contribution < -0.4 is 10.1 Å². The van der Waals surface area contributed by atoms with E-state index in [9.17, 15) is 15.1 Å². The average Bonchev–Trinajstić information content (AvgIpc) is 3.03. The third-order valence-corrected chi connectivity index (χ3v) is 8.94. The van der Waals surface area contributed by atoms with Gasteiger partial charge in [-0.3, -0.25) is 4.79 Å². The number of nitrogens with one attached hydrogen (secondary N) is 1. The van der Waals surface area contributed by atoms with E-state index >= 15 is 0 Å². The largest absolute Gasteiger partial charge is 0.508 e. The van der Waals surface area contributed by atoms with Gasteiger partial charge in [-0.05, 0) is 44.1 Å². The predicted molar refractivity (Wildman–Crippen MR) is 109 cm³/mol. The predicted octanol–water partition coefficient (Wildman–Crippen LogP) is 4.01. The first-order valence-electron chi connectivity index (χ1n) is 10.7. The summed E-state index contributed by atoms with van der Waals surface area (Å²) in [5.74, 6) is 1.35. The fourth-order valence-corrected chi connectivity index (χ4v) is 6.97. The molecule has 0 radical (unpaired) electrons. The highest BCUT2D eigenvalue weighted by molar-refractivity contribution is 6.00. The van der Waals surface area contributed by atoms with Crippen molar-refractivity contribution < 1.29 is 19.8 Å². The van der Waals surface area contributed by atoms with Gasteiger partial charge in [0.15, 0.2) is 0 Å². The van der Waals surface area contributed by atoms with E-state index in [-0.39, 0.29) is 28.4 Å². The number of aromatic hydroxyl groups is 1. The van der Waals surface area contributed by atoms with Crippen molar-refractivity contribution in [1.29, 1.82) is 0 Å². The van der Waals surface area contributed by atoms with Gasteiger partial charge in [-0.2, -0.15) is 0 Å². The van der Waals surface area contributed by atoms with Gasteiger partial charge in [-0.15, -0.1) is 0 Å². The van der Waals surface area contributed by atoms with Crippen LogP contribution in [0.2, 0.25) is 0 Å². The average molecular weight is 399 g/mol. The van der Waals surface area contributed by atoms with Crippen LogP contribution in [0.4, 0.5) is 0 Å². The van der Waals surface area contributed by atoms with Crippen LogP contribution in [0.3, 0.4) is 0 Å². The molecule has 2 aliphatic heterocycles. The van der Waals surface area contributed by atoms with Crippen LogP contribution in [-0.4, -0.2) is 27.5 Å². The van der Waals surface area contributed by atoms with E-state index in [1.807, 2.05) is 0 Å². The molecule has 156 valence electrons. The zero-order chi connectivity index (χ0) is 20.8. The number of hydrogen-bond donors (Lipinski definition) is 3. The lowest BCUT2D eigenvalue weighted by Crippen LogP contribution is -2.69. The maximum atomic E-state index is 12.2. The lowest BCUT2D eigenvalue weighted by Gasteiger charge is -2.66. The molecule has 2 aliphatic carbocycles. The first kappa shape index (κ1) is 18.8. The Balaban J connectivity index is 1.73. The number of hydrogen-bond acceptors (Lipinski definition) is 5. The molecule has 2 saturated carbocycles. The number of carbonyl (C=O) groups is 1. The molecule has 0 saturated heterocycles. The molecule has 3 N–H and O–H groups in total. The molecule has 0 aromatic heterocycles. The summed E-state index contributed by atoms with van der Waals surface area (Å²) in [6.45, 7) is 9.38. The van der Waals surface area contributed by atoms with Crippen molar-refractivity contribution in [2.24, 2.45) is 27.8 Å². The summed E-state index contributed by atoms with van der Waals surface area (Å²) in [5.41, 5.74) is 2.23. The molecule has 2 fully saturated rings. The summed E-state index contributed by atoms with van der Waals surface area (Å²) < 4.78 is 7.01. The van der Waals surface area contributed by atoms with Crippen molar-refractivity contribution in [2.45, 2.75) is 71.9 Å². The van der Waals surface area contributed by atoms with Crippen LogP contribution in [0.15, 0.2) is 11.2 Å². The number of benzene rings is 1. The molecule has 1 spiro atoms. The minimum absolute atomic E-state index is 0.150. The Morgan fingerprint density at radius 1 is 1.24 bits per heavy atom. The van der Waals surface area contributed by atoms with Crippen LogP contribution in [0.1, 0.15) is 74.9 Å². The van der Waals surface area contributed by atoms with Gasteiger partial charge in [-0.1, -0.05) is 32.9 Å². The van der Waals surface area contributed by atoms with Gasteiger partial charge in [0.25, 0.3) is 5.91 Å². The molecule has 1 amide bonds. The Hall–Kier alpha value is -2.24. The molecule has 0 unspecified atom stereocenters. The first-order chi connectivity index (χ1) is 13.7. The third-order valence-electron chi connectivity index (χ3n) is 8.94. The van der Waals surface area contributed by atoms with Gasteiger partial charge < -0.3 is 20.4 Å². The van der Waals surface area contributed by atoms with Crippen molar-refractivity contribution in [3.63, 3.8) is 0 Å². The van der Waals surface area contributed by atoms with Crippen LogP contribution in [-0.2, 0) is 13.0 Å². The van der Waals surface area contributed by atoms with Gasteiger partial charge in [-0.25, -0.2) is 0 Å². The number of amides is 1. The molecule has 1 aromatic carbocycles. The second-order valence-electron chi connectivity index (χ2n) is 10.3. The molecule has 29 heavy (non-hydrogen) atoms. The molecule has 6 heteroatoms. The number of fused-ring (bicyclic) bond motifs is 3. The zero-order valence-corrected chi connectivity index (χ0v) is 17.6. The van der Waals surface area contributed by atoms with Crippen molar-refractivity contribution in [2.75, 3.05) is 0 Å². The number of oxime groups is 1. The monoisotopic (exact) mass is 398 g/mol. The van der Waals surface area contributed by atoms with Gasteiger partial charge in [0.2, 0.25) is 0 Å². The summed E-state index contributed by atoms with van der Waals surface area (Å²) in [4.78, 5) is 12.2. The van der Waals surface area contributed by atoms with E-state index in [1.165, 1.54) is 0 Å². The number of carbonyl (C=O) groups excluding carboxylic acids is 1. The number of phenolic OH excluding ortho intramolecular Hbond substituents is 1. The van der Waals surface area contributed by atoms with E-state index in [0.717, 1.165) is 42.5 Å². The lowest BCUT2D eigenvalue weighted by molar-refractivity contribution is -0.191. The summed E-state index contributed by atoms with van der Waals surface area (Å²) >= 11 is 0. The van der Waals surface area contributed by atoms with E-state index < -0.39 is 5.60 Å². The fourth-order valence-electron chi connectivity index (χ4n) is 6.97. The standard InChI is InChI=1S/C23H30N2O4/c1-12-5-6-17-21(2,3)18(25-28)7-8-23(17)22(12,4)10-14-16(26)9-13-15(19(14)29-23)11-24-20(13)27/h9,12,17,26,28H,5-8,10-11H2,1-4H3,(H,24,27)/t12-,17-,22+,23-/m0/s1. The van der Waals surface area contributed by atoms with Crippen LogP contribution in [0.5, 0.6) is 11.5 Å². The smallest absolute Gasteiger partial charge is 0.252 e. The van der Waals surface area contributed by atoms with Gasteiger partial charge in [0, 0.05) is 34.4 Å². The second kappa shape index (κ2) is 5.67. The zero-order valence-electron chi connectivity index (χ0n) is 17.6. The molecule has 5 rings (SSSR count). The van der Waals surface area contributed by atoms with Gasteiger partial charge in [0.05, 0.1) is 11.3 Å². The van der Waals surface area contributed by atoms with E-state index in [0.29, 0.717) is 30.2 Å². The second-order valence-corrected chi connectivity index (χ2v) is 10.3. The third kappa shape index (κ3) is 2.12. The Labute approximate surface area is 171 Å².